The van der Waals surface area contributed by atoms with Gasteiger partial charge >= 0.3 is 5.97 Å². The summed E-state index contributed by atoms with van der Waals surface area (Å²) in [6.07, 6.45) is 1.02. The molecule has 0 bridgehead atoms. The Morgan fingerprint density at radius 3 is 2.38 bits per heavy atom. The van der Waals surface area contributed by atoms with Crippen LogP contribution in [0.2, 0.25) is 0 Å². The summed E-state index contributed by atoms with van der Waals surface area (Å²) in [4.78, 5) is 38.8. The second kappa shape index (κ2) is 8.31. The average molecular weight is 393 g/mol. The first-order valence-electron chi connectivity index (χ1n) is 9.50. The van der Waals surface area contributed by atoms with E-state index in [1.165, 1.54) is 18.1 Å². The summed E-state index contributed by atoms with van der Waals surface area (Å²) in [6.45, 7) is 3.72. The molecule has 0 spiro atoms. The number of carbonyl (C=O) groups is 3. The van der Waals surface area contributed by atoms with Gasteiger partial charge in [0.15, 0.2) is 11.5 Å². The summed E-state index contributed by atoms with van der Waals surface area (Å²) in [5.74, 6) is -2.06. The van der Waals surface area contributed by atoms with E-state index in [0.29, 0.717) is 11.3 Å². The molecule has 0 aromatic heterocycles. The second-order valence-electron chi connectivity index (χ2n) is 6.75. The van der Waals surface area contributed by atoms with Crippen molar-refractivity contribution < 1.29 is 24.2 Å². The third-order valence-corrected chi connectivity index (χ3v) is 5.08. The molecule has 0 saturated heterocycles. The van der Waals surface area contributed by atoms with Crippen LogP contribution in [0.5, 0.6) is 0 Å². The van der Waals surface area contributed by atoms with Crippen molar-refractivity contribution in [2.45, 2.75) is 32.7 Å². The highest BCUT2D eigenvalue weighted by Crippen LogP contribution is 2.41. The number of nitrogens with zero attached hydrogens (tertiary/aromatic N) is 1. The molecule has 0 radical (unpaired) electrons. The SMILES string of the molecule is CCC(=O)C1=C(O)C(=O)N(c2cccc(C(=O)OC)c2)C1c1ccc(CC)cc1. The highest BCUT2D eigenvalue weighted by molar-refractivity contribution is 6.16. The molecule has 6 nitrogen and oxygen atoms in total. The van der Waals surface area contributed by atoms with Gasteiger partial charge in [-0.2, -0.15) is 0 Å². The number of amides is 1. The van der Waals surface area contributed by atoms with Crippen molar-refractivity contribution in [3.63, 3.8) is 0 Å². The number of aliphatic hydroxyl groups is 1. The van der Waals surface area contributed by atoms with Gasteiger partial charge in [-0.15, -0.1) is 0 Å². The predicted molar refractivity (Wildman–Crippen MR) is 109 cm³/mol. The Morgan fingerprint density at radius 1 is 1.10 bits per heavy atom. The van der Waals surface area contributed by atoms with Gasteiger partial charge in [0.2, 0.25) is 0 Å². The fraction of sp³-hybridized carbons (Fsp3) is 0.261. The molecule has 1 unspecified atom stereocenters. The van der Waals surface area contributed by atoms with E-state index in [9.17, 15) is 19.5 Å². The van der Waals surface area contributed by atoms with Gasteiger partial charge in [0.25, 0.3) is 5.91 Å². The van der Waals surface area contributed by atoms with Crippen LogP contribution in [0.1, 0.15) is 47.8 Å². The van der Waals surface area contributed by atoms with Crippen LogP contribution in [0.25, 0.3) is 0 Å². The van der Waals surface area contributed by atoms with Crippen molar-refractivity contribution in [3.8, 4) is 0 Å². The summed E-state index contributed by atoms with van der Waals surface area (Å²) in [6, 6.07) is 13.2. The van der Waals surface area contributed by atoms with Crippen molar-refractivity contribution in [3.05, 3.63) is 76.6 Å². The predicted octanol–water partition coefficient (Wildman–Crippen LogP) is 3.91. The zero-order valence-electron chi connectivity index (χ0n) is 16.6. The molecule has 1 amide bonds. The molecule has 29 heavy (non-hydrogen) atoms. The lowest BCUT2D eigenvalue weighted by Gasteiger charge is -2.27. The van der Waals surface area contributed by atoms with E-state index < -0.39 is 23.7 Å². The average Bonchev–Trinajstić information content (AvgIpc) is 3.03. The third kappa shape index (κ3) is 3.66. The van der Waals surface area contributed by atoms with Crippen molar-refractivity contribution >= 4 is 23.3 Å². The normalized spacial score (nSPS) is 16.3. The second-order valence-corrected chi connectivity index (χ2v) is 6.75. The Bertz CT molecular complexity index is 991. The van der Waals surface area contributed by atoms with E-state index in [2.05, 4.69) is 0 Å². The molecular weight excluding hydrogens is 370 g/mol. The maximum Gasteiger partial charge on any atom is 0.337 e. The maximum absolute atomic E-state index is 12.9. The first kappa shape index (κ1) is 20.3. The Labute approximate surface area is 169 Å². The highest BCUT2D eigenvalue weighted by atomic mass is 16.5. The molecule has 1 aliphatic rings. The molecule has 0 aliphatic carbocycles. The smallest absolute Gasteiger partial charge is 0.337 e. The van der Waals surface area contributed by atoms with E-state index >= 15 is 0 Å². The zero-order chi connectivity index (χ0) is 21.1. The van der Waals surface area contributed by atoms with Crippen LogP contribution in [0, 0.1) is 0 Å². The minimum Gasteiger partial charge on any atom is -0.503 e. The van der Waals surface area contributed by atoms with Crippen molar-refractivity contribution in [2.75, 3.05) is 12.0 Å². The summed E-state index contributed by atoms with van der Waals surface area (Å²) in [5, 5.41) is 10.5. The number of hydrogen-bond donors (Lipinski definition) is 1. The number of anilines is 1. The number of aryl methyl sites for hydroxylation is 1. The minimum atomic E-state index is -0.770. The number of esters is 1. The lowest BCUT2D eigenvalue weighted by molar-refractivity contribution is -0.118. The van der Waals surface area contributed by atoms with E-state index in [1.807, 2.05) is 31.2 Å². The summed E-state index contributed by atoms with van der Waals surface area (Å²) in [7, 11) is 1.28. The fourth-order valence-electron chi connectivity index (χ4n) is 3.50. The van der Waals surface area contributed by atoms with Crippen molar-refractivity contribution in [2.24, 2.45) is 0 Å². The van der Waals surface area contributed by atoms with Crippen LogP contribution in [0.4, 0.5) is 5.69 Å². The van der Waals surface area contributed by atoms with Gasteiger partial charge in [-0.3, -0.25) is 14.5 Å². The molecule has 1 atom stereocenters. The van der Waals surface area contributed by atoms with Crippen LogP contribution < -0.4 is 4.90 Å². The van der Waals surface area contributed by atoms with Gasteiger partial charge in [0, 0.05) is 12.1 Å². The Kier molecular flexibility index (Phi) is 5.82. The van der Waals surface area contributed by atoms with E-state index in [-0.39, 0.29) is 23.3 Å². The summed E-state index contributed by atoms with van der Waals surface area (Å²) in [5.41, 5.74) is 2.57. The third-order valence-electron chi connectivity index (χ3n) is 5.08. The molecule has 1 heterocycles. The molecular formula is C23H23NO5. The monoisotopic (exact) mass is 393 g/mol. The lowest BCUT2D eigenvalue weighted by Crippen LogP contribution is -2.31. The number of rotatable bonds is 6. The van der Waals surface area contributed by atoms with E-state index in [4.69, 9.17) is 4.74 Å². The summed E-state index contributed by atoms with van der Waals surface area (Å²) >= 11 is 0. The standard InChI is InChI=1S/C23H23NO5/c1-4-14-9-11-15(12-10-14)20-19(18(25)5-2)21(26)22(27)24(20)17-8-6-7-16(13-17)23(28)29-3/h6-13,20,26H,4-5H2,1-3H3. The Hall–Kier alpha value is -3.41. The number of carbonyl (C=O) groups excluding carboxylic acids is 3. The molecule has 0 saturated carbocycles. The zero-order valence-corrected chi connectivity index (χ0v) is 16.6. The topological polar surface area (TPSA) is 83.9 Å². The van der Waals surface area contributed by atoms with E-state index in [0.717, 1.165) is 12.0 Å². The molecule has 1 N–H and O–H groups in total. The van der Waals surface area contributed by atoms with Gasteiger partial charge in [-0.25, -0.2) is 4.79 Å². The van der Waals surface area contributed by atoms with Crippen LogP contribution in [0.15, 0.2) is 59.9 Å². The number of hydrogen-bond acceptors (Lipinski definition) is 5. The fourth-order valence-corrected chi connectivity index (χ4v) is 3.50. The first-order valence-corrected chi connectivity index (χ1v) is 9.50. The number of benzene rings is 2. The maximum atomic E-state index is 12.9. The van der Waals surface area contributed by atoms with Gasteiger partial charge in [-0.1, -0.05) is 44.2 Å². The number of Topliss-reactive ketones (excluding diaryl/α,β-unsaturated/α-hetero) is 1. The number of ketones is 1. The lowest BCUT2D eigenvalue weighted by atomic mass is 9.94. The van der Waals surface area contributed by atoms with Crippen LogP contribution in [-0.2, 0) is 20.7 Å². The van der Waals surface area contributed by atoms with Gasteiger partial charge in [0.1, 0.15) is 0 Å². The molecule has 2 aromatic rings. The molecule has 0 fully saturated rings. The van der Waals surface area contributed by atoms with Crippen molar-refractivity contribution in [1.29, 1.82) is 0 Å². The Morgan fingerprint density at radius 2 is 1.79 bits per heavy atom. The van der Waals surface area contributed by atoms with Crippen LogP contribution in [0.3, 0.4) is 0 Å². The van der Waals surface area contributed by atoms with E-state index in [1.54, 1.807) is 25.1 Å². The molecule has 150 valence electrons. The Balaban J connectivity index is 2.15. The first-order chi connectivity index (χ1) is 13.9. The molecule has 1 aliphatic heterocycles. The largest absolute Gasteiger partial charge is 0.503 e. The highest BCUT2D eigenvalue weighted by Gasteiger charge is 2.43. The summed E-state index contributed by atoms with van der Waals surface area (Å²) < 4.78 is 4.76. The number of methoxy groups -OCH3 is 1. The van der Waals surface area contributed by atoms with Gasteiger partial charge in [-0.05, 0) is 35.7 Å². The van der Waals surface area contributed by atoms with Crippen molar-refractivity contribution in [1.82, 2.24) is 0 Å². The number of aliphatic hydroxyl groups excluding tert-OH is 1. The molecule has 2 aromatic carbocycles. The number of ether oxygens (including phenoxy) is 1. The van der Waals surface area contributed by atoms with Crippen LogP contribution >= 0.6 is 0 Å². The quantitative estimate of drug-likeness (QED) is 0.752. The van der Waals surface area contributed by atoms with Crippen LogP contribution in [-0.4, -0.2) is 29.9 Å². The van der Waals surface area contributed by atoms with Gasteiger partial charge < -0.3 is 9.84 Å². The molecule has 3 rings (SSSR count). The van der Waals surface area contributed by atoms with Gasteiger partial charge in [0.05, 0.1) is 24.3 Å². The minimum absolute atomic E-state index is 0.0743. The molecule has 6 heteroatoms.